The number of carboxylic acid groups (broad SMARTS) is 1. The number of aliphatic carboxylic acids is 1. The summed E-state index contributed by atoms with van der Waals surface area (Å²) in [4.78, 5) is 26.7. The molecule has 1 amide bonds. The third kappa shape index (κ3) is 7.43. The number of unbranched alkanes of at least 4 members (excludes halogenated alkanes) is 5. The van der Waals surface area contributed by atoms with E-state index in [0.29, 0.717) is 11.5 Å². The second kappa shape index (κ2) is 13.3. The SMILES string of the molecule is CCCCCCCCOc1ccc(/C=C2/SC(=S)N(C(Cc3ccccc3)C(=O)O)C2=O)cc1. The lowest BCUT2D eigenvalue weighted by Gasteiger charge is -2.23. The molecular weight excluding hydrogens is 466 g/mol. The zero-order valence-electron chi connectivity index (χ0n) is 19.4. The Kier molecular flexibility index (Phi) is 10.2. The first kappa shape index (κ1) is 26.0. The second-order valence-corrected chi connectivity index (χ2v) is 9.96. The van der Waals surface area contributed by atoms with Gasteiger partial charge in [-0.1, -0.05) is 105 Å². The molecule has 0 radical (unpaired) electrons. The summed E-state index contributed by atoms with van der Waals surface area (Å²) in [6.45, 7) is 2.91. The van der Waals surface area contributed by atoms with Crippen LogP contribution in [0.5, 0.6) is 5.75 Å². The Morgan fingerprint density at radius 2 is 1.74 bits per heavy atom. The number of carboxylic acids is 1. The summed E-state index contributed by atoms with van der Waals surface area (Å²) in [6, 6.07) is 15.8. The molecule has 1 N–H and O–H groups in total. The van der Waals surface area contributed by atoms with Gasteiger partial charge in [-0.3, -0.25) is 9.69 Å². The molecule has 34 heavy (non-hydrogen) atoms. The van der Waals surface area contributed by atoms with Gasteiger partial charge in [-0.25, -0.2) is 4.79 Å². The van der Waals surface area contributed by atoms with Crippen molar-refractivity contribution in [3.05, 3.63) is 70.6 Å². The number of amides is 1. The maximum absolute atomic E-state index is 13.1. The van der Waals surface area contributed by atoms with E-state index in [1.165, 1.54) is 37.0 Å². The van der Waals surface area contributed by atoms with Crippen LogP contribution in [-0.4, -0.2) is 38.9 Å². The summed E-state index contributed by atoms with van der Waals surface area (Å²) < 4.78 is 6.08. The summed E-state index contributed by atoms with van der Waals surface area (Å²) in [5.74, 6) is -0.651. The van der Waals surface area contributed by atoms with E-state index >= 15 is 0 Å². The van der Waals surface area contributed by atoms with Crippen LogP contribution in [0.15, 0.2) is 59.5 Å². The van der Waals surface area contributed by atoms with Gasteiger partial charge in [-0.05, 0) is 35.8 Å². The minimum atomic E-state index is -1.08. The maximum atomic E-state index is 13.1. The van der Waals surface area contributed by atoms with Crippen LogP contribution in [0.4, 0.5) is 0 Å². The molecule has 1 fully saturated rings. The molecule has 180 valence electrons. The molecule has 5 nitrogen and oxygen atoms in total. The summed E-state index contributed by atoms with van der Waals surface area (Å²) >= 11 is 6.52. The fourth-order valence-electron chi connectivity index (χ4n) is 3.76. The van der Waals surface area contributed by atoms with Crippen molar-refractivity contribution >= 4 is 46.3 Å². The molecule has 3 rings (SSSR count). The Hall–Kier alpha value is -2.64. The van der Waals surface area contributed by atoms with E-state index in [-0.39, 0.29) is 16.6 Å². The molecule has 1 atom stereocenters. The first-order valence-electron chi connectivity index (χ1n) is 11.8. The van der Waals surface area contributed by atoms with E-state index in [1.54, 1.807) is 6.08 Å². The van der Waals surface area contributed by atoms with Crippen molar-refractivity contribution in [1.29, 1.82) is 0 Å². The average Bonchev–Trinajstić information content (AvgIpc) is 3.11. The normalized spacial score (nSPS) is 15.7. The fraction of sp³-hybridized carbons (Fsp3) is 0.370. The summed E-state index contributed by atoms with van der Waals surface area (Å²) in [6.07, 6.45) is 9.26. The molecule has 1 aliphatic rings. The Bertz CT molecular complexity index is 1010. The highest BCUT2D eigenvalue weighted by Crippen LogP contribution is 2.35. The number of carbonyl (C=O) groups is 2. The van der Waals surface area contributed by atoms with Gasteiger partial charge in [0, 0.05) is 6.42 Å². The smallest absolute Gasteiger partial charge is 0.327 e. The van der Waals surface area contributed by atoms with Crippen LogP contribution in [-0.2, 0) is 16.0 Å². The molecule has 0 spiro atoms. The van der Waals surface area contributed by atoms with E-state index in [4.69, 9.17) is 17.0 Å². The number of carbonyl (C=O) groups excluding carboxylic acids is 1. The number of benzene rings is 2. The number of hydrogen-bond acceptors (Lipinski definition) is 5. The third-order valence-electron chi connectivity index (χ3n) is 5.64. The second-order valence-electron chi connectivity index (χ2n) is 8.28. The Morgan fingerprint density at radius 3 is 2.41 bits per heavy atom. The van der Waals surface area contributed by atoms with Crippen LogP contribution in [0, 0.1) is 0 Å². The number of thiocarbonyl (C=S) groups is 1. The van der Waals surface area contributed by atoms with Gasteiger partial charge < -0.3 is 9.84 Å². The van der Waals surface area contributed by atoms with E-state index < -0.39 is 12.0 Å². The fourth-order valence-corrected chi connectivity index (χ4v) is 5.12. The molecule has 1 unspecified atom stereocenters. The van der Waals surface area contributed by atoms with Crippen molar-refractivity contribution in [3.8, 4) is 5.75 Å². The zero-order chi connectivity index (χ0) is 24.3. The van der Waals surface area contributed by atoms with E-state index in [9.17, 15) is 14.7 Å². The van der Waals surface area contributed by atoms with Crippen molar-refractivity contribution in [1.82, 2.24) is 4.90 Å². The molecule has 1 saturated heterocycles. The van der Waals surface area contributed by atoms with Gasteiger partial charge in [0.2, 0.25) is 0 Å². The molecule has 1 heterocycles. The first-order chi connectivity index (χ1) is 16.5. The van der Waals surface area contributed by atoms with Crippen molar-refractivity contribution in [3.63, 3.8) is 0 Å². The topological polar surface area (TPSA) is 66.8 Å². The average molecular weight is 498 g/mol. The molecule has 0 aromatic heterocycles. The number of hydrogen-bond donors (Lipinski definition) is 1. The minimum Gasteiger partial charge on any atom is -0.494 e. The maximum Gasteiger partial charge on any atom is 0.327 e. The van der Waals surface area contributed by atoms with Gasteiger partial charge in [0.25, 0.3) is 5.91 Å². The number of rotatable bonds is 13. The Balaban J connectivity index is 1.59. The predicted molar refractivity (Wildman–Crippen MR) is 142 cm³/mol. The van der Waals surface area contributed by atoms with E-state index in [0.717, 1.165) is 35.1 Å². The molecule has 7 heteroatoms. The highest BCUT2D eigenvalue weighted by molar-refractivity contribution is 8.26. The summed E-state index contributed by atoms with van der Waals surface area (Å²) in [5, 5.41) is 9.78. The number of thioether (sulfide) groups is 1. The van der Waals surface area contributed by atoms with Crippen LogP contribution in [0.25, 0.3) is 6.08 Å². The van der Waals surface area contributed by atoms with Gasteiger partial charge in [-0.2, -0.15) is 0 Å². The molecule has 2 aromatic rings. The van der Waals surface area contributed by atoms with E-state index in [1.807, 2.05) is 54.6 Å². The van der Waals surface area contributed by atoms with Crippen molar-refractivity contribution in [2.45, 2.75) is 57.9 Å². The third-order valence-corrected chi connectivity index (χ3v) is 6.97. The standard InChI is InChI=1S/C27H31NO4S2/c1-2-3-4-5-6-10-17-32-22-15-13-21(14-16-22)19-24-25(29)28(27(33)34-24)23(26(30)31)18-20-11-8-7-9-12-20/h7-9,11-16,19,23H,2-6,10,17-18H2,1H3,(H,30,31)/b24-19+. The molecule has 0 bridgehead atoms. The van der Waals surface area contributed by atoms with Gasteiger partial charge in [0.05, 0.1) is 11.5 Å². The molecular formula is C27H31NO4S2. The molecule has 2 aromatic carbocycles. The Morgan fingerprint density at radius 1 is 1.06 bits per heavy atom. The minimum absolute atomic E-state index is 0.195. The quantitative estimate of drug-likeness (QED) is 0.198. The largest absolute Gasteiger partial charge is 0.494 e. The highest BCUT2D eigenvalue weighted by Gasteiger charge is 2.40. The molecule has 1 aliphatic heterocycles. The van der Waals surface area contributed by atoms with Gasteiger partial charge in [0.1, 0.15) is 16.1 Å². The number of ether oxygens (including phenoxy) is 1. The summed E-state index contributed by atoms with van der Waals surface area (Å²) in [5.41, 5.74) is 1.67. The van der Waals surface area contributed by atoms with Gasteiger partial charge >= 0.3 is 5.97 Å². The summed E-state index contributed by atoms with van der Waals surface area (Å²) in [7, 11) is 0. The molecule has 0 aliphatic carbocycles. The van der Waals surface area contributed by atoms with Crippen LogP contribution < -0.4 is 4.74 Å². The lowest BCUT2D eigenvalue weighted by Crippen LogP contribution is -2.45. The van der Waals surface area contributed by atoms with Crippen LogP contribution in [0.2, 0.25) is 0 Å². The Labute approximate surface area is 211 Å². The lowest BCUT2D eigenvalue weighted by molar-refractivity contribution is -0.145. The molecule has 0 saturated carbocycles. The monoisotopic (exact) mass is 497 g/mol. The van der Waals surface area contributed by atoms with Gasteiger partial charge in [0.15, 0.2) is 0 Å². The zero-order valence-corrected chi connectivity index (χ0v) is 21.1. The van der Waals surface area contributed by atoms with Crippen molar-refractivity contribution in [2.75, 3.05) is 6.61 Å². The number of nitrogens with zero attached hydrogens (tertiary/aromatic N) is 1. The van der Waals surface area contributed by atoms with Crippen LogP contribution in [0.1, 0.15) is 56.6 Å². The van der Waals surface area contributed by atoms with Crippen LogP contribution >= 0.6 is 24.0 Å². The van der Waals surface area contributed by atoms with Crippen LogP contribution in [0.3, 0.4) is 0 Å². The van der Waals surface area contributed by atoms with Crippen molar-refractivity contribution < 1.29 is 19.4 Å². The van der Waals surface area contributed by atoms with Gasteiger partial charge in [-0.15, -0.1) is 0 Å². The lowest BCUT2D eigenvalue weighted by atomic mass is 10.0. The van der Waals surface area contributed by atoms with E-state index in [2.05, 4.69) is 6.92 Å². The predicted octanol–water partition coefficient (Wildman–Crippen LogP) is 6.32. The highest BCUT2D eigenvalue weighted by atomic mass is 32.2. The van der Waals surface area contributed by atoms with Crippen molar-refractivity contribution in [2.24, 2.45) is 0 Å². The first-order valence-corrected chi connectivity index (χ1v) is 13.0.